The predicted octanol–water partition coefficient (Wildman–Crippen LogP) is 1.84. The first-order valence-corrected chi connectivity index (χ1v) is 8.74. The molecule has 1 aliphatic heterocycles. The minimum Gasteiger partial charge on any atom is -0.377 e. The first-order valence-electron chi connectivity index (χ1n) is 8.74. The van der Waals surface area contributed by atoms with Crippen molar-refractivity contribution in [2.75, 3.05) is 33.8 Å². The zero-order valence-corrected chi connectivity index (χ0v) is 17.9. The van der Waals surface area contributed by atoms with Gasteiger partial charge in [-0.25, -0.2) is 4.99 Å². The lowest BCUT2D eigenvalue weighted by Crippen LogP contribution is -2.68. The Morgan fingerprint density at radius 2 is 2.08 bits per heavy atom. The summed E-state index contributed by atoms with van der Waals surface area (Å²) in [6.45, 7) is 8.54. The molecule has 1 saturated carbocycles. The first kappa shape index (κ1) is 21.5. The number of nitrogens with zero attached hydrogens (tertiary/aromatic N) is 2. The molecular formula is C17H33IN4O2. The molecule has 2 fully saturated rings. The van der Waals surface area contributed by atoms with E-state index < -0.39 is 0 Å². The van der Waals surface area contributed by atoms with Gasteiger partial charge in [0.05, 0.1) is 6.10 Å². The quantitative estimate of drug-likeness (QED) is 0.280. The second-order valence-electron chi connectivity index (χ2n) is 7.42. The molecule has 0 aromatic carbocycles. The summed E-state index contributed by atoms with van der Waals surface area (Å²) in [6.07, 6.45) is 3.67. The number of amides is 1. The molecule has 3 unspecified atom stereocenters. The number of carbonyl (C=O) groups excluding carboxylic acids is 1. The number of ether oxygens (including phenoxy) is 1. The van der Waals surface area contributed by atoms with Gasteiger partial charge in [-0.2, -0.15) is 0 Å². The predicted molar refractivity (Wildman–Crippen MR) is 108 cm³/mol. The highest BCUT2D eigenvalue weighted by Gasteiger charge is 2.59. The topological polar surface area (TPSA) is 66.0 Å². The number of unbranched alkanes of at least 4 members (excludes halogenated alkanes) is 1. The molecule has 6 nitrogen and oxygen atoms in total. The standard InChI is InChI=1S/C17H32N4O2.HI/c1-6-7-9-18-16(19-11-13(22)21(4)5)20-14-12-8-10-23-15(12)17(14,2)3;/h12,14-15H,6-11H2,1-5H3,(H2,18,19,20);1H. The molecule has 1 amide bonds. The van der Waals surface area contributed by atoms with Gasteiger partial charge in [-0.15, -0.1) is 24.0 Å². The highest BCUT2D eigenvalue weighted by molar-refractivity contribution is 14.0. The van der Waals surface area contributed by atoms with Crippen molar-refractivity contribution >= 4 is 35.8 Å². The maximum atomic E-state index is 11.8. The SMILES string of the molecule is CCCCNC(=NCC(=O)N(C)C)NC1C2CCOC2C1(C)C.I. The van der Waals surface area contributed by atoms with Crippen LogP contribution in [0.4, 0.5) is 0 Å². The average molecular weight is 452 g/mol. The van der Waals surface area contributed by atoms with Crippen LogP contribution in [0, 0.1) is 11.3 Å². The summed E-state index contributed by atoms with van der Waals surface area (Å²) in [5.74, 6) is 1.31. The van der Waals surface area contributed by atoms with Gasteiger partial charge in [0.15, 0.2) is 5.96 Å². The number of rotatable bonds is 6. The van der Waals surface area contributed by atoms with Crippen molar-refractivity contribution in [3.8, 4) is 0 Å². The van der Waals surface area contributed by atoms with Gasteiger partial charge in [0.1, 0.15) is 6.54 Å². The Morgan fingerprint density at radius 1 is 1.38 bits per heavy atom. The number of hydrogen-bond acceptors (Lipinski definition) is 3. The lowest BCUT2D eigenvalue weighted by atomic mass is 9.57. The van der Waals surface area contributed by atoms with Crippen molar-refractivity contribution in [3.63, 3.8) is 0 Å². The maximum absolute atomic E-state index is 11.8. The van der Waals surface area contributed by atoms with E-state index in [1.165, 1.54) is 0 Å². The van der Waals surface area contributed by atoms with E-state index in [0.29, 0.717) is 18.1 Å². The minimum absolute atomic E-state index is 0. The fourth-order valence-electron chi connectivity index (χ4n) is 3.59. The molecule has 2 aliphatic rings. The zero-order chi connectivity index (χ0) is 17.0. The Labute approximate surface area is 163 Å². The van der Waals surface area contributed by atoms with Crippen LogP contribution in [0.3, 0.4) is 0 Å². The van der Waals surface area contributed by atoms with Gasteiger partial charge in [0.2, 0.25) is 5.91 Å². The monoisotopic (exact) mass is 452 g/mol. The van der Waals surface area contributed by atoms with Gasteiger partial charge in [-0.05, 0) is 12.8 Å². The molecule has 0 aromatic heterocycles. The number of aliphatic imine (C=N–C) groups is 1. The average Bonchev–Trinajstić information content (AvgIpc) is 2.95. The molecule has 1 aliphatic carbocycles. The molecule has 0 bridgehead atoms. The second kappa shape index (κ2) is 9.22. The van der Waals surface area contributed by atoms with Crippen LogP contribution >= 0.6 is 24.0 Å². The Kier molecular flexibility index (Phi) is 8.25. The van der Waals surface area contributed by atoms with Crippen LogP contribution in [0.5, 0.6) is 0 Å². The van der Waals surface area contributed by atoms with E-state index in [1.807, 2.05) is 0 Å². The summed E-state index contributed by atoms with van der Waals surface area (Å²) in [5, 5.41) is 6.92. The van der Waals surface area contributed by atoms with Crippen LogP contribution in [0.2, 0.25) is 0 Å². The fourth-order valence-corrected chi connectivity index (χ4v) is 3.59. The highest BCUT2D eigenvalue weighted by atomic mass is 127. The van der Waals surface area contributed by atoms with Gasteiger partial charge in [0, 0.05) is 44.6 Å². The summed E-state index contributed by atoms with van der Waals surface area (Å²) in [5.41, 5.74) is 0.0972. The van der Waals surface area contributed by atoms with Gasteiger partial charge in [-0.1, -0.05) is 27.2 Å². The van der Waals surface area contributed by atoms with Gasteiger partial charge in [-0.3, -0.25) is 4.79 Å². The van der Waals surface area contributed by atoms with E-state index in [2.05, 4.69) is 36.4 Å². The third-order valence-corrected chi connectivity index (χ3v) is 5.09. The van der Waals surface area contributed by atoms with Gasteiger partial charge in [0.25, 0.3) is 0 Å². The van der Waals surface area contributed by atoms with Crippen molar-refractivity contribution in [2.24, 2.45) is 16.3 Å². The van der Waals surface area contributed by atoms with E-state index in [0.717, 1.165) is 38.4 Å². The smallest absolute Gasteiger partial charge is 0.243 e. The Bertz CT molecular complexity index is 454. The third-order valence-electron chi connectivity index (χ3n) is 5.09. The normalized spacial score (nSPS) is 27.5. The lowest BCUT2D eigenvalue weighted by Gasteiger charge is -2.54. The number of hydrogen-bond donors (Lipinski definition) is 2. The van der Waals surface area contributed by atoms with Gasteiger partial charge < -0.3 is 20.3 Å². The van der Waals surface area contributed by atoms with Crippen molar-refractivity contribution < 1.29 is 9.53 Å². The third kappa shape index (κ3) is 4.74. The van der Waals surface area contributed by atoms with E-state index in [9.17, 15) is 4.79 Å². The van der Waals surface area contributed by atoms with Crippen molar-refractivity contribution in [3.05, 3.63) is 0 Å². The molecular weight excluding hydrogens is 419 g/mol. The lowest BCUT2D eigenvalue weighted by molar-refractivity contribution is -0.127. The first-order chi connectivity index (χ1) is 10.9. The molecule has 7 heteroatoms. The van der Waals surface area contributed by atoms with E-state index >= 15 is 0 Å². The highest BCUT2D eigenvalue weighted by Crippen LogP contribution is 2.52. The van der Waals surface area contributed by atoms with Crippen LogP contribution in [0.15, 0.2) is 4.99 Å². The summed E-state index contributed by atoms with van der Waals surface area (Å²) in [4.78, 5) is 17.9. The molecule has 1 saturated heterocycles. The van der Waals surface area contributed by atoms with Crippen LogP contribution < -0.4 is 10.6 Å². The second-order valence-corrected chi connectivity index (χ2v) is 7.42. The van der Waals surface area contributed by atoms with Gasteiger partial charge >= 0.3 is 0 Å². The van der Waals surface area contributed by atoms with E-state index in [1.54, 1.807) is 19.0 Å². The molecule has 1 heterocycles. The summed E-state index contributed by atoms with van der Waals surface area (Å²) in [6, 6.07) is 0.345. The number of halogens is 1. The maximum Gasteiger partial charge on any atom is 0.243 e. The largest absolute Gasteiger partial charge is 0.377 e. The number of guanidine groups is 1. The molecule has 24 heavy (non-hydrogen) atoms. The Morgan fingerprint density at radius 3 is 2.71 bits per heavy atom. The van der Waals surface area contributed by atoms with Crippen molar-refractivity contribution in [1.82, 2.24) is 15.5 Å². The number of fused-ring (bicyclic) bond motifs is 1. The summed E-state index contributed by atoms with van der Waals surface area (Å²) < 4.78 is 5.85. The van der Waals surface area contributed by atoms with E-state index in [4.69, 9.17) is 4.74 Å². The van der Waals surface area contributed by atoms with Crippen molar-refractivity contribution in [1.29, 1.82) is 0 Å². The Hall–Kier alpha value is -0.570. The van der Waals surface area contributed by atoms with Crippen LogP contribution in [-0.4, -0.2) is 62.7 Å². The molecule has 0 radical (unpaired) electrons. The molecule has 2 N–H and O–H groups in total. The molecule has 2 rings (SSSR count). The molecule has 3 atom stereocenters. The number of likely N-dealkylation sites (N-methyl/N-ethyl adjacent to an activating group) is 1. The molecule has 0 aromatic rings. The number of carbonyl (C=O) groups is 1. The van der Waals surface area contributed by atoms with Crippen LogP contribution in [0.25, 0.3) is 0 Å². The van der Waals surface area contributed by atoms with Crippen LogP contribution in [-0.2, 0) is 9.53 Å². The Balaban J connectivity index is 0.00000288. The zero-order valence-electron chi connectivity index (χ0n) is 15.6. The van der Waals surface area contributed by atoms with E-state index in [-0.39, 0.29) is 41.8 Å². The minimum atomic E-state index is 0. The van der Waals surface area contributed by atoms with Crippen molar-refractivity contribution in [2.45, 2.75) is 52.2 Å². The van der Waals surface area contributed by atoms with Crippen LogP contribution in [0.1, 0.15) is 40.0 Å². The molecule has 0 spiro atoms. The number of nitrogens with one attached hydrogen (secondary N) is 2. The summed E-state index contributed by atoms with van der Waals surface area (Å²) >= 11 is 0. The summed E-state index contributed by atoms with van der Waals surface area (Å²) in [7, 11) is 3.51. The molecule has 140 valence electrons. The fraction of sp³-hybridized carbons (Fsp3) is 0.882.